The van der Waals surface area contributed by atoms with Gasteiger partial charge in [-0.05, 0) is 37.3 Å². The number of benzene rings is 2. The van der Waals surface area contributed by atoms with E-state index < -0.39 is 16.9 Å². The predicted octanol–water partition coefficient (Wildman–Crippen LogP) is 3.14. The van der Waals surface area contributed by atoms with Crippen LogP contribution < -0.4 is 20.1 Å². The number of carbonyl (C=O) groups excluding carboxylic acids is 1. The normalized spacial score (nSPS) is 11.4. The number of hydrogen-bond acceptors (Lipinski definition) is 6. The molecule has 1 atom stereocenters. The summed E-state index contributed by atoms with van der Waals surface area (Å²) in [5, 5.41) is 16.7. The first-order valence-electron chi connectivity index (χ1n) is 7.90. The maximum absolute atomic E-state index is 12.5. The molecular weight excluding hydrogens is 338 g/mol. The lowest BCUT2D eigenvalue weighted by molar-refractivity contribution is -0.384. The molecule has 2 rings (SSSR count). The van der Waals surface area contributed by atoms with Gasteiger partial charge < -0.3 is 20.1 Å². The van der Waals surface area contributed by atoms with Crippen molar-refractivity contribution in [1.29, 1.82) is 0 Å². The molecule has 0 heterocycles. The molecule has 8 heteroatoms. The van der Waals surface area contributed by atoms with E-state index in [1.54, 1.807) is 46.4 Å². The monoisotopic (exact) mass is 359 g/mol. The molecule has 0 fully saturated rings. The Labute approximate surface area is 151 Å². The largest absolute Gasteiger partial charge is 0.497 e. The zero-order valence-electron chi connectivity index (χ0n) is 15.0. The molecule has 0 bridgehead atoms. The highest BCUT2D eigenvalue weighted by Gasteiger charge is 2.20. The highest BCUT2D eigenvalue weighted by atomic mass is 16.6. The van der Waals surface area contributed by atoms with Crippen molar-refractivity contribution in [3.05, 3.63) is 57.6 Å². The van der Waals surface area contributed by atoms with E-state index in [-0.39, 0.29) is 11.3 Å². The van der Waals surface area contributed by atoms with E-state index in [9.17, 15) is 14.9 Å². The summed E-state index contributed by atoms with van der Waals surface area (Å²) < 4.78 is 10.5. The molecule has 0 radical (unpaired) electrons. The quantitative estimate of drug-likeness (QED) is 0.581. The van der Waals surface area contributed by atoms with Crippen molar-refractivity contribution >= 4 is 17.3 Å². The van der Waals surface area contributed by atoms with Crippen LogP contribution in [-0.4, -0.2) is 32.1 Å². The van der Waals surface area contributed by atoms with Crippen molar-refractivity contribution in [2.45, 2.75) is 13.0 Å². The number of methoxy groups -OCH3 is 2. The molecule has 0 spiro atoms. The van der Waals surface area contributed by atoms with E-state index in [2.05, 4.69) is 10.6 Å². The number of nitro groups is 1. The molecule has 0 aliphatic carbocycles. The highest BCUT2D eigenvalue weighted by molar-refractivity contribution is 5.96. The summed E-state index contributed by atoms with van der Waals surface area (Å²) in [5.74, 6) is 0.819. The van der Waals surface area contributed by atoms with Crippen LogP contribution in [0.15, 0.2) is 36.4 Å². The zero-order chi connectivity index (χ0) is 19.3. The Morgan fingerprint density at radius 2 is 1.88 bits per heavy atom. The molecule has 1 amide bonds. The molecule has 0 unspecified atom stereocenters. The minimum Gasteiger partial charge on any atom is -0.497 e. The fourth-order valence-electron chi connectivity index (χ4n) is 2.57. The second kappa shape index (κ2) is 8.19. The second-order valence-electron chi connectivity index (χ2n) is 5.54. The van der Waals surface area contributed by atoms with E-state index in [4.69, 9.17) is 9.47 Å². The van der Waals surface area contributed by atoms with Crippen LogP contribution in [-0.2, 0) is 0 Å². The van der Waals surface area contributed by atoms with Gasteiger partial charge in [-0.25, -0.2) is 0 Å². The number of anilines is 1. The number of amides is 1. The molecule has 0 aliphatic heterocycles. The molecule has 8 nitrogen and oxygen atoms in total. The van der Waals surface area contributed by atoms with Crippen LogP contribution in [0.1, 0.15) is 28.9 Å². The lowest BCUT2D eigenvalue weighted by atomic mass is 10.1. The van der Waals surface area contributed by atoms with Gasteiger partial charge in [-0.3, -0.25) is 14.9 Å². The van der Waals surface area contributed by atoms with Crippen molar-refractivity contribution in [2.24, 2.45) is 0 Å². The van der Waals surface area contributed by atoms with Gasteiger partial charge in [0.1, 0.15) is 17.2 Å². The van der Waals surface area contributed by atoms with Crippen LogP contribution in [0, 0.1) is 10.1 Å². The standard InChI is InChI=1S/C18H21N3O5/c1-11(14-10-13(25-3)6-8-17(14)26-4)20-18(22)12-5-7-15(19-2)16(9-12)21(23)24/h5-11,19H,1-4H3,(H,20,22)/t11-/m0/s1. The van der Waals surface area contributed by atoms with Crippen LogP contribution in [0.25, 0.3) is 0 Å². The van der Waals surface area contributed by atoms with Gasteiger partial charge in [0.15, 0.2) is 0 Å². The van der Waals surface area contributed by atoms with E-state index in [1.807, 2.05) is 0 Å². The van der Waals surface area contributed by atoms with E-state index >= 15 is 0 Å². The molecule has 138 valence electrons. The van der Waals surface area contributed by atoms with Crippen LogP contribution in [0.5, 0.6) is 11.5 Å². The molecule has 0 aliphatic rings. The molecule has 2 N–H and O–H groups in total. The highest BCUT2D eigenvalue weighted by Crippen LogP contribution is 2.30. The number of nitrogens with zero attached hydrogens (tertiary/aromatic N) is 1. The second-order valence-corrected chi connectivity index (χ2v) is 5.54. The third-order valence-corrected chi connectivity index (χ3v) is 3.98. The summed E-state index contributed by atoms with van der Waals surface area (Å²) in [6, 6.07) is 9.18. The molecule has 0 saturated carbocycles. The molecule has 0 saturated heterocycles. The van der Waals surface area contributed by atoms with E-state index in [1.165, 1.54) is 18.2 Å². The Morgan fingerprint density at radius 3 is 2.46 bits per heavy atom. The van der Waals surface area contributed by atoms with Gasteiger partial charge in [-0.2, -0.15) is 0 Å². The Balaban J connectivity index is 2.27. The number of carbonyl (C=O) groups is 1. The van der Waals surface area contributed by atoms with Crippen LogP contribution in [0.4, 0.5) is 11.4 Å². The fourth-order valence-corrected chi connectivity index (χ4v) is 2.57. The van der Waals surface area contributed by atoms with E-state index in [0.717, 1.165) is 5.56 Å². The van der Waals surface area contributed by atoms with E-state index in [0.29, 0.717) is 17.2 Å². The summed E-state index contributed by atoms with van der Waals surface area (Å²) in [6.45, 7) is 1.80. The Kier molecular flexibility index (Phi) is 6.00. The molecule has 26 heavy (non-hydrogen) atoms. The molecule has 0 aromatic heterocycles. The number of nitro benzene ring substituents is 1. The van der Waals surface area contributed by atoms with Crippen molar-refractivity contribution in [3.8, 4) is 11.5 Å². The molecule has 2 aromatic carbocycles. The van der Waals surface area contributed by atoms with Crippen molar-refractivity contribution in [1.82, 2.24) is 5.32 Å². The Hall–Kier alpha value is -3.29. The average Bonchev–Trinajstić information content (AvgIpc) is 2.66. The van der Waals surface area contributed by atoms with Gasteiger partial charge in [-0.1, -0.05) is 0 Å². The summed E-state index contributed by atoms with van der Waals surface area (Å²) in [7, 11) is 4.68. The SMILES string of the molecule is CNc1ccc(C(=O)N[C@@H](C)c2cc(OC)ccc2OC)cc1[N+](=O)[O-]. The number of hydrogen-bond donors (Lipinski definition) is 2. The summed E-state index contributed by atoms with van der Waals surface area (Å²) in [5.41, 5.74) is 1.12. The number of nitrogens with one attached hydrogen (secondary N) is 2. The smallest absolute Gasteiger partial charge is 0.293 e. The number of rotatable bonds is 7. The predicted molar refractivity (Wildman–Crippen MR) is 98.1 cm³/mol. The Bertz CT molecular complexity index is 822. The van der Waals surface area contributed by atoms with Gasteiger partial charge in [0.2, 0.25) is 0 Å². The van der Waals surface area contributed by atoms with Crippen molar-refractivity contribution in [3.63, 3.8) is 0 Å². The maximum Gasteiger partial charge on any atom is 0.293 e. The minimum atomic E-state index is -0.531. The van der Waals surface area contributed by atoms with Gasteiger partial charge in [0.25, 0.3) is 11.6 Å². The van der Waals surface area contributed by atoms with Gasteiger partial charge in [0.05, 0.1) is 25.2 Å². The first-order valence-corrected chi connectivity index (χ1v) is 7.90. The lowest BCUT2D eigenvalue weighted by Gasteiger charge is -2.18. The van der Waals surface area contributed by atoms with Crippen LogP contribution in [0.3, 0.4) is 0 Å². The fraction of sp³-hybridized carbons (Fsp3) is 0.278. The summed E-state index contributed by atoms with van der Waals surface area (Å²) in [6.07, 6.45) is 0. The average molecular weight is 359 g/mol. The molecular formula is C18H21N3O5. The van der Waals surface area contributed by atoms with Gasteiger partial charge >= 0.3 is 0 Å². The third kappa shape index (κ3) is 4.02. The lowest BCUT2D eigenvalue weighted by Crippen LogP contribution is -2.27. The molecule has 2 aromatic rings. The van der Waals surface area contributed by atoms with Crippen LogP contribution >= 0.6 is 0 Å². The third-order valence-electron chi connectivity index (χ3n) is 3.98. The van der Waals surface area contributed by atoms with Crippen molar-refractivity contribution < 1.29 is 19.2 Å². The maximum atomic E-state index is 12.5. The first-order chi connectivity index (χ1) is 12.4. The van der Waals surface area contributed by atoms with Crippen LogP contribution in [0.2, 0.25) is 0 Å². The number of ether oxygens (including phenoxy) is 2. The summed E-state index contributed by atoms with van der Waals surface area (Å²) >= 11 is 0. The first kappa shape index (κ1) is 19.0. The minimum absolute atomic E-state index is 0.160. The Morgan fingerprint density at radius 1 is 1.15 bits per heavy atom. The van der Waals surface area contributed by atoms with Gasteiger partial charge in [0, 0.05) is 24.2 Å². The zero-order valence-corrected chi connectivity index (χ0v) is 15.0. The van der Waals surface area contributed by atoms with Crippen molar-refractivity contribution in [2.75, 3.05) is 26.6 Å². The topological polar surface area (TPSA) is 103 Å². The van der Waals surface area contributed by atoms with Gasteiger partial charge in [-0.15, -0.1) is 0 Å². The summed E-state index contributed by atoms with van der Waals surface area (Å²) in [4.78, 5) is 23.2.